The zero-order chi connectivity index (χ0) is 5.91. The summed E-state index contributed by atoms with van der Waals surface area (Å²) >= 11 is 4.17. The van der Waals surface area contributed by atoms with Crippen LogP contribution in [0.1, 0.15) is 6.92 Å². The molecule has 0 radical (unpaired) electrons. The minimum atomic E-state index is -1.52. The molecule has 0 nitrogen and oxygen atoms in total. The zero-order valence-corrected chi connectivity index (χ0v) is 8.90. The number of hydrogen-bond acceptors (Lipinski definition) is 0. The zero-order valence-electron chi connectivity index (χ0n) is 5.29. The summed E-state index contributed by atoms with van der Waals surface area (Å²) < 4.78 is 2.35. The van der Waals surface area contributed by atoms with Gasteiger partial charge in [0, 0.05) is 0 Å². The van der Waals surface area contributed by atoms with E-state index >= 15 is 0 Å². The Morgan fingerprint density at radius 1 is 1.43 bits per heavy atom. The Bertz CT molecular complexity index is 46.0. The van der Waals surface area contributed by atoms with Gasteiger partial charge >= 0.3 is 55.1 Å². The van der Waals surface area contributed by atoms with Crippen molar-refractivity contribution >= 4 is 30.0 Å². The number of alkyl halides is 1. The summed E-state index contributed by atoms with van der Waals surface area (Å²) in [6.07, 6.45) is 0. The summed E-state index contributed by atoms with van der Waals surface area (Å²) in [5, 5.41) is 0. The van der Waals surface area contributed by atoms with Gasteiger partial charge in [0.2, 0.25) is 0 Å². The van der Waals surface area contributed by atoms with E-state index in [4.69, 9.17) is 11.6 Å². The second-order valence-electron chi connectivity index (χ2n) is 2.65. The van der Waals surface area contributed by atoms with Crippen LogP contribution in [0.2, 0.25) is 14.3 Å². The number of rotatable bonds is 2. The second kappa shape index (κ2) is 3.18. The molecule has 0 fully saturated rings. The van der Waals surface area contributed by atoms with Crippen LogP contribution in [0.3, 0.4) is 0 Å². The fraction of sp³-hybridized carbons (Fsp3) is 1.00. The third-order valence-corrected chi connectivity index (χ3v) is 13.7. The Morgan fingerprint density at radius 3 is 1.86 bits per heavy atom. The quantitative estimate of drug-likeness (QED) is 0.502. The van der Waals surface area contributed by atoms with Crippen LogP contribution in [0.4, 0.5) is 0 Å². The third-order valence-electron chi connectivity index (χ3n) is 1.32. The molecule has 0 aromatic carbocycles. The average Bonchev–Trinajstić information content (AvgIpc) is 1.68. The molecule has 0 saturated heterocycles. The molecule has 0 rings (SSSR count). The van der Waals surface area contributed by atoms with Gasteiger partial charge in [-0.3, -0.25) is 0 Å². The van der Waals surface area contributed by atoms with Gasteiger partial charge in [-0.15, -0.1) is 0 Å². The van der Waals surface area contributed by atoms with E-state index in [1.54, 1.807) is 0 Å². The van der Waals surface area contributed by atoms with E-state index < -0.39 is 18.4 Å². The molecular weight excluding hydrogens is 214 g/mol. The van der Waals surface area contributed by atoms with Crippen LogP contribution in [0.15, 0.2) is 0 Å². The molecule has 0 unspecified atom stereocenters. The maximum absolute atomic E-state index is 5.69. The van der Waals surface area contributed by atoms with Gasteiger partial charge in [-0.05, 0) is 0 Å². The SMILES string of the molecule is C[CH2][Sn]([CH3])([CH3])[CH2]Cl. The topological polar surface area (TPSA) is 0 Å². The van der Waals surface area contributed by atoms with Gasteiger partial charge in [-0.2, -0.15) is 0 Å². The van der Waals surface area contributed by atoms with Crippen molar-refractivity contribution in [3.05, 3.63) is 0 Å². The Kier molecular flexibility index (Phi) is 3.68. The first-order valence-corrected chi connectivity index (χ1v) is 13.0. The predicted molar refractivity (Wildman–Crippen MR) is 38.7 cm³/mol. The number of halogens is 1. The monoisotopic (exact) mass is 228 g/mol. The van der Waals surface area contributed by atoms with Crippen LogP contribution in [0.25, 0.3) is 0 Å². The summed E-state index contributed by atoms with van der Waals surface area (Å²) in [6, 6.07) is 0. The molecule has 0 saturated carbocycles. The molecule has 0 bridgehead atoms. The van der Waals surface area contributed by atoms with Gasteiger partial charge in [-0.25, -0.2) is 0 Å². The first-order valence-electron chi connectivity index (χ1n) is 2.68. The van der Waals surface area contributed by atoms with E-state index in [1.807, 2.05) is 0 Å². The van der Waals surface area contributed by atoms with Gasteiger partial charge < -0.3 is 0 Å². The molecule has 0 N–H and O–H groups in total. The molecule has 7 heavy (non-hydrogen) atoms. The van der Waals surface area contributed by atoms with Crippen LogP contribution < -0.4 is 0 Å². The fourth-order valence-corrected chi connectivity index (χ4v) is 1.90. The van der Waals surface area contributed by atoms with E-state index in [9.17, 15) is 0 Å². The standard InChI is InChI=1S/C2H5.CH2Cl.2CH3.Sn/c2*1-2;;;/h1H2,2H3;1H2;2*1H3;. The van der Waals surface area contributed by atoms with Crippen LogP contribution in [0.5, 0.6) is 0 Å². The second-order valence-corrected chi connectivity index (χ2v) is 19.6. The fourth-order valence-electron chi connectivity index (χ4n) is 0.0945. The van der Waals surface area contributed by atoms with Gasteiger partial charge in [0.05, 0.1) is 0 Å². The Morgan fingerprint density at radius 2 is 1.86 bits per heavy atom. The predicted octanol–water partition coefficient (Wildman–Crippen LogP) is 2.49. The van der Waals surface area contributed by atoms with Crippen molar-refractivity contribution in [2.75, 3.05) is 3.90 Å². The molecule has 0 aromatic heterocycles. The molecule has 0 atom stereocenters. The van der Waals surface area contributed by atoms with Gasteiger partial charge in [0.1, 0.15) is 0 Å². The van der Waals surface area contributed by atoms with Crippen molar-refractivity contribution in [3.8, 4) is 0 Å². The average molecular weight is 227 g/mol. The van der Waals surface area contributed by atoms with Gasteiger partial charge in [0.15, 0.2) is 0 Å². The first-order chi connectivity index (χ1) is 3.12. The molecule has 0 aliphatic rings. The molecule has 0 aromatic rings. The minimum absolute atomic E-state index is 0.977. The summed E-state index contributed by atoms with van der Waals surface area (Å²) in [4.78, 5) is 4.75. The molecular formula is C5H13ClSn. The molecule has 0 aliphatic heterocycles. The van der Waals surface area contributed by atoms with Crippen molar-refractivity contribution in [3.63, 3.8) is 0 Å². The molecule has 0 heterocycles. The van der Waals surface area contributed by atoms with Crippen LogP contribution in [-0.2, 0) is 0 Å². The van der Waals surface area contributed by atoms with Gasteiger partial charge in [0.25, 0.3) is 0 Å². The third kappa shape index (κ3) is 3.65. The molecule has 0 amide bonds. The van der Waals surface area contributed by atoms with E-state index in [1.165, 1.54) is 4.44 Å². The number of hydrogen-bond donors (Lipinski definition) is 0. The van der Waals surface area contributed by atoms with Crippen LogP contribution in [-0.4, -0.2) is 22.3 Å². The summed E-state index contributed by atoms with van der Waals surface area (Å²) in [5.74, 6) is 0. The van der Waals surface area contributed by atoms with Crippen molar-refractivity contribution in [1.82, 2.24) is 0 Å². The van der Waals surface area contributed by atoms with Crippen molar-refractivity contribution in [2.24, 2.45) is 0 Å². The molecule has 2 heteroatoms. The summed E-state index contributed by atoms with van der Waals surface area (Å²) in [5.41, 5.74) is 0. The van der Waals surface area contributed by atoms with Gasteiger partial charge in [-0.1, -0.05) is 0 Å². The first kappa shape index (κ1) is 8.09. The summed E-state index contributed by atoms with van der Waals surface area (Å²) in [7, 11) is 0. The van der Waals surface area contributed by atoms with E-state index in [0.717, 1.165) is 3.90 Å². The van der Waals surface area contributed by atoms with E-state index in [0.29, 0.717) is 0 Å². The normalized spacial score (nSPS) is 12.0. The van der Waals surface area contributed by atoms with Crippen molar-refractivity contribution in [2.45, 2.75) is 21.2 Å². The summed E-state index contributed by atoms with van der Waals surface area (Å²) in [6.45, 7) is 2.25. The van der Waals surface area contributed by atoms with E-state index in [-0.39, 0.29) is 0 Å². The maximum atomic E-state index is 5.69. The molecule has 44 valence electrons. The Balaban J connectivity index is 3.36. The van der Waals surface area contributed by atoms with Crippen LogP contribution >= 0.6 is 11.6 Å². The Labute approximate surface area is 55.1 Å². The van der Waals surface area contributed by atoms with Crippen LogP contribution in [0, 0.1) is 0 Å². The molecule has 0 spiro atoms. The van der Waals surface area contributed by atoms with Crippen molar-refractivity contribution in [1.29, 1.82) is 0 Å². The van der Waals surface area contributed by atoms with Crippen molar-refractivity contribution < 1.29 is 0 Å². The Hall–Kier alpha value is 1.09. The van der Waals surface area contributed by atoms with E-state index in [2.05, 4.69) is 16.8 Å². The molecule has 0 aliphatic carbocycles.